The summed E-state index contributed by atoms with van der Waals surface area (Å²) in [7, 11) is 0. The van der Waals surface area contributed by atoms with Crippen molar-refractivity contribution in [2.45, 2.75) is 45.1 Å². The maximum Gasteiger partial charge on any atom is 0.287 e. The molecule has 27 heavy (non-hydrogen) atoms. The second-order valence-corrected chi connectivity index (χ2v) is 7.22. The predicted octanol–water partition coefficient (Wildman–Crippen LogP) is 3.64. The zero-order valence-corrected chi connectivity index (χ0v) is 15.7. The molecule has 3 rings (SSSR count). The first kappa shape index (κ1) is 19.1. The van der Waals surface area contributed by atoms with Gasteiger partial charge in [0.15, 0.2) is 5.76 Å². The van der Waals surface area contributed by atoms with Crippen molar-refractivity contribution >= 4 is 11.8 Å². The molecule has 1 atom stereocenters. The number of amides is 2. The van der Waals surface area contributed by atoms with E-state index in [2.05, 4.69) is 5.32 Å². The molecule has 0 saturated carbocycles. The third-order valence-corrected chi connectivity index (χ3v) is 5.17. The molecule has 1 unspecified atom stereocenters. The minimum Gasteiger partial charge on any atom is -0.459 e. The Morgan fingerprint density at radius 1 is 1.22 bits per heavy atom. The van der Waals surface area contributed by atoms with Crippen molar-refractivity contribution in [2.75, 3.05) is 13.1 Å². The van der Waals surface area contributed by atoms with Gasteiger partial charge in [0.25, 0.3) is 5.91 Å². The topological polar surface area (TPSA) is 62.6 Å². The Morgan fingerprint density at radius 3 is 2.48 bits per heavy atom. The van der Waals surface area contributed by atoms with Crippen molar-refractivity contribution in [3.8, 4) is 0 Å². The molecule has 0 aliphatic carbocycles. The molecule has 6 heteroatoms. The van der Waals surface area contributed by atoms with Crippen LogP contribution in [-0.4, -0.2) is 35.8 Å². The van der Waals surface area contributed by atoms with Gasteiger partial charge in [-0.15, -0.1) is 0 Å². The Balaban J connectivity index is 1.47. The van der Waals surface area contributed by atoms with Gasteiger partial charge in [0.05, 0.1) is 6.26 Å². The number of furan rings is 1. The Hall–Kier alpha value is -2.63. The number of aryl methyl sites for hydroxylation is 1. The fraction of sp³-hybridized carbons (Fsp3) is 0.429. The van der Waals surface area contributed by atoms with Crippen molar-refractivity contribution in [2.24, 2.45) is 0 Å². The molecule has 0 spiro atoms. The number of hydrogen-bond donors (Lipinski definition) is 1. The van der Waals surface area contributed by atoms with E-state index in [1.807, 2.05) is 18.7 Å². The standard InChI is InChI=1S/C21H25FN2O3/c1-14-9-12-27-20(14)21(26)23-18-7-10-24(11-8-18)19(25)13-15(2)16-3-5-17(22)6-4-16/h3-6,9,12,15,18H,7-8,10-11,13H2,1-2H3,(H,23,26). The van der Waals surface area contributed by atoms with Crippen LogP contribution >= 0.6 is 0 Å². The van der Waals surface area contributed by atoms with E-state index >= 15 is 0 Å². The van der Waals surface area contributed by atoms with Gasteiger partial charge in [0.1, 0.15) is 5.82 Å². The number of rotatable bonds is 5. The maximum atomic E-state index is 13.0. The third-order valence-electron chi connectivity index (χ3n) is 5.17. The molecule has 0 bridgehead atoms. The lowest BCUT2D eigenvalue weighted by Gasteiger charge is -2.33. The first-order valence-corrected chi connectivity index (χ1v) is 9.32. The molecule has 0 radical (unpaired) electrons. The van der Waals surface area contributed by atoms with E-state index in [0.717, 1.165) is 24.0 Å². The molecule has 1 N–H and O–H groups in total. The second kappa shape index (κ2) is 8.37. The number of likely N-dealkylation sites (tertiary alicyclic amines) is 1. The van der Waals surface area contributed by atoms with Gasteiger partial charge in [-0.2, -0.15) is 0 Å². The molecule has 1 saturated heterocycles. The summed E-state index contributed by atoms with van der Waals surface area (Å²) in [5.74, 6) is 0.0101. The van der Waals surface area contributed by atoms with Crippen LogP contribution < -0.4 is 5.32 Å². The molecule has 1 aliphatic heterocycles. The number of piperidine rings is 1. The lowest BCUT2D eigenvalue weighted by atomic mass is 9.96. The molecular weight excluding hydrogens is 347 g/mol. The normalized spacial score (nSPS) is 16.2. The number of nitrogens with one attached hydrogen (secondary N) is 1. The molecule has 1 aromatic heterocycles. The number of carbonyl (C=O) groups is 2. The summed E-state index contributed by atoms with van der Waals surface area (Å²) >= 11 is 0. The SMILES string of the molecule is Cc1ccoc1C(=O)NC1CCN(C(=O)CC(C)c2ccc(F)cc2)CC1. The number of halogens is 1. The number of hydrogen-bond acceptors (Lipinski definition) is 3. The van der Waals surface area contributed by atoms with E-state index in [4.69, 9.17) is 4.42 Å². The molecular formula is C21H25FN2O3. The van der Waals surface area contributed by atoms with E-state index in [1.165, 1.54) is 18.4 Å². The molecule has 144 valence electrons. The summed E-state index contributed by atoms with van der Waals surface area (Å²) in [6.45, 7) is 5.06. The van der Waals surface area contributed by atoms with E-state index in [9.17, 15) is 14.0 Å². The Labute approximate surface area is 158 Å². The summed E-state index contributed by atoms with van der Waals surface area (Å²) < 4.78 is 18.3. The zero-order chi connectivity index (χ0) is 19.4. The van der Waals surface area contributed by atoms with Gasteiger partial charge < -0.3 is 14.6 Å². The smallest absolute Gasteiger partial charge is 0.287 e. The molecule has 5 nitrogen and oxygen atoms in total. The van der Waals surface area contributed by atoms with Gasteiger partial charge in [0, 0.05) is 31.1 Å². The van der Waals surface area contributed by atoms with Crippen molar-refractivity contribution in [3.63, 3.8) is 0 Å². The fourth-order valence-electron chi connectivity index (χ4n) is 3.43. The van der Waals surface area contributed by atoms with E-state index in [1.54, 1.807) is 18.2 Å². The molecule has 1 aromatic carbocycles. The zero-order valence-electron chi connectivity index (χ0n) is 15.7. The van der Waals surface area contributed by atoms with Gasteiger partial charge in [-0.1, -0.05) is 19.1 Å². The Kier molecular flexibility index (Phi) is 5.94. The number of nitrogens with zero attached hydrogens (tertiary/aromatic N) is 1. The summed E-state index contributed by atoms with van der Waals surface area (Å²) in [6, 6.07) is 8.10. The van der Waals surface area contributed by atoms with Crippen LogP contribution in [0.15, 0.2) is 41.0 Å². The van der Waals surface area contributed by atoms with Gasteiger partial charge >= 0.3 is 0 Å². The van der Waals surface area contributed by atoms with Crippen LogP contribution in [0.1, 0.15) is 53.8 Å². The molecule has 1 aliphatic rings. The van der Waals surface area contributed by atoms with Crippen LogP contribution in [0, 0.1) is 12.7 Å². The van der Waals surface area contributed by atoms with Crippen LogP contribution in [0.5, 0.6) is 0 Å². The predicted molar refractivity (Wildman–Crippen MR) is 99.9 cm³/mol. The van der Waals surface area contributed by atoms with E-state index in [-0.39, 0.29) is 29.6 Å². The van der Waals surface area contributed by atoms with E-state index in [0.29, 0.717) is 25.3 Å². The van der Waals surface area contributed by atoms with Crippen molar-refractivity contribution in [3.05, 3.63) is 59.3 Å². The van der Waals surface area contributed by atoms with Gasteiger partial charge in [-0.05, 0) is 49.4 Å². The summed E-state index contributed by atoms with van der Waals surface area (Å²) in [5, 5.41) is 2.99. The minimum absolute atomic E-state index is 0.0393. The van der Waals surface area contributed by atoms with Crippen LogP contribution in [0.3, 0.4) is 0 Å². The highest BCUT2D eigenvalue weighted by molar-refractivity contribution is 5.93. The largest absolute Gasteiger partial charge is 0.459 e. The maximum absolute atomic E-state index is 13.0. The number of carbonyl (C=O) groups excluding carboxylic acids is 2. The summed E-state index contributed by atoms with van der Waals surface area (Å²) in [6.07, 6.45) is 3.35. The van der Waals surface area contributed by atoms with Crippen molar-refractivity contribution in [1.29, 1.82) is 0 Å². The summed E-state index contributed by atoms with van der Waals surface area (Å²) in [4.78, 5) is 26.6. The Bertz CT molecular complexity index is 792. The minimum atomic E-state index is -0.272. The van der Waals surface area contributed by atoms with Crippen molar-refractivity contribution < 1.29 is 18.4 Å². The number of benzene rings is 1. The van der Waals surface area contributed by atoms with Crippen molar-refractivity contribution in [1.82, 2.24) is 10.2 Å². The average molecular weight is 372 g/mol. The highest BCUT2D eigenvalue weighted by Crippen LogP contribution is 2.22. The molecule has 1 fully saturated rings. The second-order valence-electron chi connectivity index (χ2n) is 7.22. The van der Waals surface area contributed by atoms with Crippen LogP contribution in [0.2, 0.25) is 0 Å². The molecule has 2 amide bonds. The fourth-order valence-corrected chi connectivity index (χ4v) is 3.43. The lowest BCUT2D eigenvalue weighted by molar-refractivity contribution is -0.132. The quantitative estimate of drug-likeness (QED) is 0.872. The monoisotopic (exact) mass is 372 g/mol. The lowest BCUT2D eigenvalue weighted by Crippen LogP contribution is -2.46. The molecule has 2 aromatic rings. The van der Waals surface area contributed by atoms with Crippen LogP contribution in [0.25, 0.3) is 0 Å². The molecule has 2 heterocycles. The third kappa shape index (κ3) is 4.76. The first-order valence-electron chi connectivity index (χ1n) is 9.32. The van der Waals surface area contributed by atoms with E-state index < -0.39 is 0 Å². The summed E-state index contributed by atoms with van der Waals surface area (Å²) in [5.41, 5.74) is 1.77. The average Bonchev–Trinajstić information content (AvgIpc) is 3.09. The van der Waals surface area contributed by atoms with Gasteiger partial charge in [-0.3, -0.25) is 9.59 Å². The highest BCUT2D eigenvalue weighted by atomic mass is 19.1. The highest BCUT2D eigenvalue weighted by Gasteiger charge is 2.26. The van der Waals surface area contributed by atoms with Crippen LogP contribution in [0.4, 0.5) is 4.39 Å². The first-order chi connectivity index (χ1) is 12.9. The Morgan fingerprint density at radius 2 is 1.89 bits per heavy atom. The van der Waals surface area contributed by atoms with Gasteiger partial charge in [0.2, 0.25) is 5.91 Å². The van der Waals surface area contributed by atoms with Gasteiger partial charge in [-0.25, -0.2) is 4.39 Å². The van der Waals surface area contributed by atoms with Crippen LogP contribution in [-0.2, 0) is 4.79 Å².